The van der Waals surface area contributed by atoms with Gasteiger partial charge >= 0.3 is 0 Å². The Morgan fingerprint density at radius 1 is 1.28 bits per heavy atom. The Labute approximate surface area is 166 Å². The van der Waals surface area contributed by atoms with E-state index in [2.05, 4.69) is 20.1 Å². The Balaban J connectivity index is 1.64. The second kappa shape index (κ2) is 7.81. The van der Waals surface area contributed by atoms with Crippen molar-refractivity contribution in [1.29, 1.82) is 0 Å². The van der Waals surface area contributed by atoms with E-state index in [1.54, 1.807) is 11.0 Å². The van der Waals surface area contributed by atoms with E-state index in [1.807, 2.05) is 19.9 Å². The molecular formula is C20H22F2N6O. The summed E-state index contributed by atoms with van der Waals surface area (Å²) in [4.78, 5) is 27.2. The van der Waals surface area contributed by atoms with Crippen LogP contribution < -0.4 is 0 Å². The van der Waals surface area contributed by atoms with E-state index in [1.165, 1.54) is 16.9 Å². The van der Waals surface area contributed by atoms with E-state index in [-0.39, 0.29) is 23.3 Å². The molecule has 3 aromatic rings. The molecule has 1 amide bonds. The summed E-state index contributed by atoms with van der Waals surface area (Å²) >= 11 is 0. The predicted molar refractivity (Wildman–Crippen MR) is 102 cm³/mol. The maximum atomic E-state index is 13.3. The van der Waals surface area contributed by atoms with Crippen LogP contribution in [0.2, 0.25) is 0 Å². The lowest BCUT2D eigenvalue weighted by Gasteiger charge is -2.33. The van der Waals surface area contributed by atoms with Gasteiger partial charge in [-0.2, -0.15) is 10.1 Å². The highest BCUT2D eigenvalue weighted by molar-refractivity contribution is 5.94. The first-order chi connectivity index (χ1) is 14.0. The summed E-state index contributed by atoms with van der Waals surface area (Å²) < 4.78 is 28.1. The van der Waals surface area contributed by atoms with Crippen molar-refractivity contribution in [3.05, 3.63) is 52.9 Å². The summed E-state index contributed by atoms with van der Waals surface area (Å²) in [6, 6.07) is 5.01. The molecule has 0 unspecified atom stereocenters. The zero-order valence-corrected chi connectivity index (χ0v) is 16.3. The van der Waals surface area contributed by atoms with Gasteiger partial charge in [-0.1, -0.05) is 6.92 Å². The van der Waals surface area contributed by atoms with Gasteiger partial charge in [-0.25, -0.2) is 18.3 Å². The third-order valence-electron chi connectivity index (χ3n) is 5.27. The molecule has 1 atom stereocenters. The topological polar surface area (TPSA) is 76.3 Å². The maximum absolute atomic E-state index is 13.3. The van der Waals surface area contributed by atoms with Crippen molar-refractivity contribution in [3.8, 4) is 0 Å². The van der Waals surface area contributed by atoms with E-state index >= 15 is 0 Å². The fraction of sp³-hybridized carbons (Fsp3) is 0.450. The molecule has 1 aliphatic heterocycles. The van der Waals surface area contributed by atoms with Crippen LogP contribution in [0.3, 0.4) is 0 Å². The molecule has 0 saturated carbocycles. The molecule has 9 heteroatoms. The molecule has 4 heterocycles. The second-order valence-corrected chi connectivity index (χ2v) is 7.31. The van der Waals surface area contributed by atoms with Gasteiger partial charge in [0.15, 0.2) is 0 Å². The Kier molecular flexibility index (Phi) is 5.21. The highest BCUT2D eigenvalue weighted by Crippen LogP contribution is 2.30. The lowest BCUT2D eigenvalue weighted by Crippen LogP contribution is -2.39. The Morgan fingerprint density at radius 2 is 2.10 bits per heavy atom. The van der Waals surface area contributed by atoms with E-state index in [0.717, 1.165) is 30.7 Å². The lowest BCUT2D eigenvalue weighted by molar-refractivity contribution is 0.0704. The number of rotatable bonds is 4. The normalized spacial score (nSPS) is 17.3. The SMILES string of the molecule is CCc1cc(C(=O)N2CCC[C@H](c3cc(C(F)F)nc4ncnn34)C2)cc(C)n1. The number of hydrogen-bond donors (Lipinski definition) is 0. The monoisotopic (exact) mass is 400 g/mol. The molecule has 7 nitrogen and oxygen atoms in total. The van der Waals surface area contributed by atoms with Crippen molar-refractivity contribution >= 4 is 11.7 Å². The number of likely N-dealkylation sites (tertiary alicyclic amines) is 1. The molecule has 0 aliphatic carbocycles. The maximum Gasteiger partial charge on any atom is 0.280 e. The number of carbonyl (C=O) groups is 1. The first-order valence-corrected chi connectivity index (χ1v) is 9.71. The Bertz CT molecular complexity index is 1050. The number of hydrogen-bond acceptors (Lipinski definition) is 5. The molecule has 0 aromatic carbocycles. The molecule has 3 aromatic heterocycles. The standard InChI is InChI=1S/C20H22F2N6O/c1-3-15-8-14(7-12(2)25-15)19(29)27-6-4-5-13(10-27)17-9-16(18(21)22)26-20-23-11-24-28(17)20/h7-9,11,13,18H,3-6,10H2,1-2H3/t13-/m0/s1. The van der Waals surface area contributed by atoms with Gasteiger partial charge in [-0.3, -0.25) is 9.78 Å². The first-order valence-electron chi connectivity index (χ1n) is 9.71. The van der Waals surface area contributed by atoms with Crippen molar-refractivity contribution in [2.45, 2.75) is 45.5 Å². The average molecular weight is 400 g/mol. The van der Waals surface area contributed by atoms with Gasteiger partial charge in [0.2, 0.25) is 0 Å². The van der Waals surface area contributed by atoms with Gasteiger partial charge in [-0.15, -0.1) is 0 Å². The van der Waals surface area contributed by atoms with Crippen molar-refractivity contribution in [1.82, 2.24) is 29.5 Å². The fourth-order valence-corrected chi connectivity index (χ4v) is 3.88. The molecule has 152 valence electrons. The third kappa shape index (κ3) is 3.81. The van der Waals surface area contributed by atoms with Crippen LogP contribution in [-0.4, -0.2) is 48.5 Å². The van der Waals surface area contributed by atoms with Crippen LogP contribution >= 0.6 is 0 Å². The highest BCUT2D eigenvalue weighted by Gasteiger charge is 2.29. The zero-order valence-electron chi connectivity index (χ0n) is 16.3. The molecule has 4 rings (SSSR count). The minimum Gasteiger partial charge on any atom is -0.338 e. The Morgan fingerprint density at radius 3 is 2.86 bits per heavy atom. The molecule has 0 N–H and O–H groups in total. The van der Waals surface area contributed by atoms with Crippen molar-refractivity contribution in [2.24, 2.45) is 0 Å². The molecule has 0 bridgehead atoms. The van der Waals surface area contributed by atoms with E-state index in [4.69, 9.17) is 0 Å². The highest BCUT2D eigenvalue weighted by atomic mass is 19.3. The van der Waals surface area contributed by atoms with Crippen LogP contribution in [0.15, 0.2) is 24.5 Å². The fourth-order valence-electron chi connectivity index (χ4n) is 3.88. The van der Waals surface area contributed by atoms with E-state index in [0.29, 0.717) is 24.3 Å². The van der Waals surface area contributed by atoms with Crippen molar-refractivity contribution < 1.29 is 13.6 Å². The van der Waals surface area contributed by atoms with Crippen LogP contribution in [0.1, 0.15) is 65.2 Å². The van der Waals surface area contributed by atoms with Crippen LogP contribution in [-0.2, 0) is 6.42 Å². The number of halogens is 2. The molecule has 0 spiro atoms. The number of carbonyl (C=O) groups excluding carboxylic acids is 1. The summed E-state index contributed by atoms with van der Waals surface area (Å²) in [7, 11) is 0. The van der Waals surface area contributed by atoms with E-state index < -0.39 is 6.43 Å². The quantitative estimate of drug-likeness (QED) is 0.671. The summed E-state index contributed by atoms with van der Waals surface area (Å²) in [5.41, 5.74) is 2.59. The van der Waals surface area contributed by atoms with Crippen molar-refractivity contribution in [2.75, 3.05) is 13.1 Å². The number of pyridine rings is 1. The smallest absolute Gasteiger partial charge is 0.280 e. The second-order valence-electron chi connectivity index (χ2n) is 7.31. The van der Waals surface area contributed by atoms with Gasteiger partial charge < -0.3 is 4.90 Å². The minimum atomic E-state index is -2.69. The predicted octanol–water partition coefficient (Wildman–Crippen LogP) is 3.35. The van der Waals surface area contributed by atoms with Gasteiger partial charge in [0.05, 0.1) is 5.69 Å². The third-order valence-corrected chi connectivity index (χ3v) is 5.27. The number of aromatic nitrogens is 5. The number of aryl methyl sites for hydroxylation is 2. The minimum absolute atomic E-state index is 0.0622. The summed E-state index contributed by atoms with van der Waals surface area (Å²) in [6.07, 6.45) is 0.926. The molecule has 29 heavy (non-hydrogen) atoms. The van der Waals surface area contributed by atoms with Gasteiger partial charge in [0.1, 0.15) is 12.0 Å². The van der Waals surface area contributed by atoms with Crippen molar-refractivity contribution in [3.63, 3.8) is 0 Å². The van der Waals surface area contributed by atoms with Crippen LogP contribution in [0.4, 0.5) is 8.78 Å². The summed E-state index contributed by atoms with van der Waals surface area (Å²) in [5, 5.41) is 4.14. The molecule has 0 radical (unpaired) electrons. The Hall–Kier alpha value is -2.97. The van der Waals surface area contributed by atoms with E-state index in [9.17, 15) is 13.6 Å². The number of alkyl halides is 2. The average Bonchev–Trinajstić information content (AvgIpc) is 3.20. The number of fused-ring (bicyclic) bond motifs is 1. The number of piperidine rings is 1. The largest absolute Gasteiger partial charge is 0.338 e. The first kappa shape index (κ1) is 19.4. The van der Waals surface area contributed by atoms with Gasteiger partial charge in [0.25, 0.3) is 18.1 Å². The molecule has 1 fully saturated rings. The number of amides is 1. The van der Waals surface area contributed by atoms with Gasteiger partial charge in [-0.05, 0) is 44.4 Å². The van der Waals surface area contributed by atoms with Crippen LogP contribution in [0, 0.1) is 6.92 Å². The number of nitrogens with zero attached hydrogens (tertiary/aromatic N) is 6. The molecule has 1 saturated heterocycles. The summed E-state index contributed by atoms with van der Waals surface area (Å²) in [5.74, 6) is -0.0301. The molecule has 1 aliphatic rings. The van der Waals surface area contributed by atoms with Gasteiger partial charge in [0, 0.05) is 36.0 Å². The van der Waals surface area contributed by atoms with Crippen LogP contribution in [0.5, 0.6) is 0 Å². The summed E-state index contributed by atoms with van der Waals surface area (Å²) in [6.45, 7) is 4.94. The lowest BCUT2D eigenvalue weighted by atomic mass is 9.93. The molecular weight excluding hydrogens is 378 g/mol. The zero-order chi connectivity index (χ0) is 20.5. The van der Waals surface area contributed by atoms with Crippen LogP contribution in [0.25, 0.3) is 5.78 Å².